The van der Waals surface area contributed by atoms with E-state index in [0.29, 0.717) is 6.07 Å². The number of rotatable bonds is 2. The van der Waals surface area contributed by atoms with Gasteiger partial charge in [-0.3, -0.25) is 0 Å². The average Bonchev–Trinajstić information content (AvgIpc) is 2.16. The van der Waals surface area contributed by atoms with Gasteiger partial charge in [0.1, 0.15) is 5.69 Å². The van der Waals surface area contributed by atoms with Crippen LogP contribution in [0.2, 0.25) is 5.02 Å². The molecule has 1 rings (SSSR count). The molecule has 3 nitrogen and oxygen atoms in total. The van der Waals surface area contributed by atoms with Crippen LogP contribution in [0, 0.1) is 0 Å². The summed E-state index contributed by atoms with van der Waals surface area (Å²) in [6.07, 6.45) is -4.62. The van der Waals surface area contributed by atoms with E-state index in [0.717, 1.165) is 6.07 Å². The normalized spacial score (nSPS) is 11.3. The maximum Gasteiger partial charge on any atom is 0.433 e. The third kappa shape index (κ3) is 2.85. The SMILES string of the molecule is CCOC(=O)c1nc(C(F)(F)F)ccc1Cl. The predicted octanol–water partition coefficient (Wildman–Crippen LogP) is 2.93. The standard InChI is InChI=1S/C9H7ClF3NO2/c1-2-16-8(15)7-5(10)3-4-6(14-7)9(11,12)13/h3-4H,2H2,1H3. The molecule has 0 aliphatic rings. The fourth-order valence-electron chi connectivity index (χ4n) is 0.943. The van der Waals surface area contributed by atoms with Crippen LogP contribution < -0.4 is 0 Å². The van der Waals surface area contributed by atoms with Crippen molar-refractivity contribution in [2.24, 2.45) is 0 Å². The van der Waals surface area contributed by atoms with Crippen LogP contribution in [0.3, 0.4) is 0 Å². The molecule has 0 atom stereocenters. The van der Waals surface area contributed by atoms with E-state index in [9.17, 15) is 18.0 Å². The highest BCUT2D eigenvalue weighted by Crippen LogP contribution is 2.29. The van der Waals surface area contributed by atoms with Crippen LogP contribution in [0.25, 0.3) is 0 Å². The zero-order valence-corrected chi connectivity index (χ0v) is 8.89. The first-order valence-electron chi connectivity index (χ1n) is 4.27. The number of aromatic nitrogens is 1. The van der Waals surface area contributed by atoms with Crippen molar-refractivity contribution in [2.75, 3.05) is 6.61 Å². The first-order chi connectivity index (χ1) is 7.36. The summed E-state index contributed by atoms with van der Waals surface area (Å²) < 4.78 is 41.4. The van der Waals surface area contributed by atoms with E-state index in [4.69, 9.17) is 11.6 Å². The number of carbonyl (C=O) groups excluding carboxylic acids is 1. The molecule has 7 heteroatoms. The summed E-state index contributed by atoms with van der Waals surface area (Å²) in [5, 5.41) is -0.175. The fourth-order valence-corrected chi connectivity index (χ4v) is 1.13. The van der Waals surface area contributed by atoms with Gasteiger partial charge in [-0.2, -0.15) is 13.2 Å². The molecule has 0 aromatic carbocycles. The van der Waals surface area contributed by atoms with Gasteiger partial charge in [-0.15, -0.1) is 0 Å². The second-order valence-corrected chi connectivity index (χ2v) is 3.15. The lowest BCUT2D eigenvalue weighted by molar-refractivity contribution is -0.141. The summed E-state index contributed by atoms with van der Waals surface area (Å²) in [7, 11) is 0. The molecule has 0 fully saturated rings. The Labute approximate surface area is 94.2 Å². The first-order valence-corrected chi connectivity index (χ1v) is 4.65. The van der Waals surface area contributed by atoms with Gasteiger partial charge in [0.2, 0.25) is 0 Å². The Morgan fingerprint density at radius 2 is 2.12 bits per heavy atom. The maximum atomic E-state index is 12.3. The Bertz CT molecular complexity index is 406. The van der Waals surface area contributed by atoms with Crippen molar-refractivity contribution < 1.29 is 22.7 Å². The molecule has 1 aromatic rings. The second kappa shape index (κ2) is 4.69. The van der Waals surface area contributed by atoms with Crippen LogP contribution in [0.15, 0.2) is 12.1 Å². The fraction of sp³-hybridized carbons (Fsp3) is 0.333. The molecule has 16 heavy (non-hydrogen) atoms. The summed E-state index contributed by atoms with van der Waals surface area (Å²) in [6, 6.07) is 1.66. The molecule has 0 radical (unpaired) electrons. The van der Waals surface area contributed by atoms with Gasteiger partial charge in [-0.25, -0.2) is 9.78 Å². The number of hydrogen-bond donors (Lipinski definition) is 0. The molecular formula is C9H7ClF3NO2. The van der Waals surface area contributed by atoms with Crippen molar-refractivity contribution in [1.82, 2.24) is 4.98 Å². The van der Waals surface area contributed by atoms with Crippen molar-refractivity contribution in [2.45, 2.75) is 13.1 Å². The minimum absolute atomic E-state index is 0.0348. The molecule has 1 heterocycles. The predicted molar refractivity (Wildman–Crippen MR) is 50.2 cm³/mol. The van der Waals surface area contributed by atoms with Crippen molar-refractivity contribution in [3.8, 4) is 0 Å². The molecule has 0 N–H and O–H groups in total. The van der Waals surface area contributed by atoms with Crippen molar-refractivity contribution >= 4 is 17.6 Å². The van der Waals surface area contributed by atoms with E-state index in [2.05, 4.69) is 9.72 Å². The van der Waals surface area contributed by atoms with E-state index in [1.807, 2.05) is 0 Å². The van der Waals surface area contributed by atoms with Crippen LogP contribution >= 0.6 is 11.6 Å². The van der Waals surface area contributed by atoms with E-state index in [1.54, 1.807) is 0 Å². The number of pyridine rings is 1. The highest BCUT2D eigenvalue weighted by Gasteiger charge is 2.33. The Balaban J connectivity index is 3.14. The lowest BCUT2D eigenvalue weighted by Crippen LogP contribution is -2.14. The highest BCUT2D eigenvalue weighted by molar-refractivity contribution is 6.33. The van der Waals surface area contributed by atoms with E-state index in [1.165, 1.54) is 6.92 Å². The lowest BCUT2D eigenvalue weighted by Gasteiger charge is -2.08. The first kappa shape index (κ1) is 12.8. The minimum Gasteiger partial charge on any atom is -0.461 e. The molecule has 1 aromatic heterocycles. The number of ether oxygens (including phenoxy) is 1. The zero-order valence-electron chi connectivity index (χ0n) is 8.14. The van der Waals surface area contributed by atoms with Gasteiger partial charge in [-0.1, -0.05) is 11.6 Å². The number of carbonyl (C=O) groups is 1. The lowest BCUT2D eigenvalue weighted by atomic mass is 10.3. The molecule has 0 saturated carbocycles. The topological polar surface area (TPSA) is 39.2 Å². The van der Waals surface area contributed by atoms with Gasteiger partial charge in [0.15, 0.2) is 5.69 Å². The second-order valence-electron chi connectivity index (χ2n) is 2.75. The van der Waals surface area contributed by atoms with E-state index in [-0.39, 0.29) is 11.6 Å². The molecule has 0 saturated heterocycles. The van der Waals surface area contributed by atoms with Crippen LogP contribution in [0.1, 0.15) is 23.1 Å². The van der Waals surface area contributed by atoms with Crippen molar-refractivity contribution in [3.05, 3.63) is 28.5 Å². The Morgan fingerprint density at radius 1 is 1.50 bits per heavy atom. The van der Waals surface area contributed by atoms with Gasteiger partial charge in [-0.05, 0) is 19.1 Å². The number of alkyl halides is 3. The molecule has 0 aliphatic heterocycles. The summed E-state index contributed by atoms with van der Waals surface area (Å²) in [5.74, 6) is -0.974. The Kier molecular flexibility index (Phi) is 3.74. The monoisotopic (exact) mass is 253 g/mol. The number of halogens is 4. The molecule has 0 unspecified atom stereocenters. The van der Waals surface area contributed by atoms with Gasteiger partial charge in [0.25, 0.3) is 0 Å². The zero-order chi connectivity index (χ0) is 12.3. The van der Waals surface area contributed by atoms with Crippen LogP contribution in [-0.2, 0) is 10.9 Å². The number of nitrogens with zero attached hydrogens (tertiary/aromatic N) is 1. The minimum atomic E-state index is -4.62. The molecular weight excluding hydrogens is 247 g/mol. The summed E-state index contributed by atoms with van der Waals surface area (Å²) in [6.45, 7) is 1.56. The Morgan fingerprint density at radius 3 is 2.62 bits per heavy atom. The van der Waals surface area contributed by atoms with Gasteiger partial charge >= 0.3 is 12.1 Å². The highest BCUT2D eigenvalue weighted by atomic mass is 35.5. The maximum absolute atomic E-state index is 12.3. The largest absolute Gasteiger partial charge is 0.461 e. The third-order valence-electron chi connectivity index (χ3n) is 1.61. The molecule has 0 aliphatic carbocycles. The van der Waals surface area contributed by atoms with Crippen LogP contribution in [0.5, 0.6) is 0 Å². The quantitative estimate of drug-likeness (QED) is 0.761. The number of hydrogen-bond acceptors (Lipinski definition) is 3. The third-order valence-corrected chi connectivity index (χ3v) is 1.91. The smallest absolute Gasteiger partial charge is 0.433 e. The van der Waals surface area contributed by atoms with Crippen molar-refractivity contribution in [3.63, 3.8) is 0 Å². The summed E-state index contributed by atoms with van der Waals surface area (Å²) in [5.41, 5.74) is -1.71. The van der Waals surface area contributed by atoms with Gasteiger partial charge in [0.05, 0.1) is 11.6 Å². The van der Waals surface area contributed by atoms with E-state index >= 15 is 0 Å². The molecule has 0 amide bonds. The average molecular weight is 254 g/mol. The van der Waals surface area contributed by atoms with Gasteiger partial charge < -0.3 is 4.74 Å². The Hall–Kier alpha value is -1.30. The van der Waals surface area contributed by atoms with Gasteiger partial charge in [0, 0.05) is 0 Å². The summed E-state index contributed by atoms with van der Waals surface area (Å²) in [4.78, 5) is 14.3. The molecule has 88 valence electrons. The number of esters is 1. The summed E-state index contributed by atoms with van der Waals surface area (Å²) >= 11 is 5.55. The van der Waals surface area contributed by atoms with E-state index < -0.39 is 23.5 Å². The van der Waals surface area contributed by atoms with Crippen molar-refractivity contribution in [1.29, 1.82) is 0 Å². The molecule has 0 bridgehead atoms. The van der Waals surface area contributed by atoms with Crippen LogP contribution in [-0.4, -0.2) is 17.6 Å². The van der Waals surface area contributed by atoms with Crippen LogP contribution in [0.4, 0.5) is 13.2 Å². The molecule has 0 spiro atoms.